The van der Waals surface area contributed by atoms with Gasteiger partial charge in [-0.1, -0.05) is 12.1 Å². The molecule has 0 aliphatic heterocycles. The SMILES string of the molecule is Cc1cc(C(=O)CS(=O)c2ccccc2Br)c(C)s1. The van der Waals surface area contributed by atoms with E-state index in [2.05, 4.69) is 15.9 Å². The van der Waals surface area contributed by atoms with E-state index in [1.165, 1.54) is 0 Å². The Morgan fingerprint density at radius 2 is 2.00 bits per heavy atom. The Morgan fingerprint density at radius 1 is 1.32 bits per heavy atom. The second-order valence-electron chi connectivity index (χ2n) is 4.17. The fourth-order valence-electron chi connectivity index (χ4n) is 1.81. The molecule has 0 aliphatic rings. The minimum atomic E-state index is -1.32. The summed E-state index contributed by atoms with van der Waals surface area (Å²) in [6.45, 7) is 3.89. The minimum Gasteiger partial charge on any atom is -0.293 e. The lowest BCUT2D eigenvalue weighted by molar-refractivity contribution is 0.102. The van der Waals surface area contributed by atoms with Gasteiger partial charge in [-0.3, -0.25) is 9.00 Å². The molecule has 5 heteroatoms. The van der Waals surface area contributed by atoms with Gasteiger partial charge in [0, 0.05) is 19.8 Å². The number of benzene rings is 1. The molecule has 2 aromatic rings. The molecule has 0 bridgehead atoms. The zero-order valence-corrected chi connectivity index (χ0v) is 13.8. The molecule has 0 saturated heterocycles. The molecule has 2 rings (SSSR count). The van der Waals surface area contributed by atoms with Gasteiger partial charge in [0.15, 0.2) is 5.78 Å². The highest BCUT2D eigenvalue weighted by molar-refractivity contribution is 9.10. The van der Waals surface area contributed by atoms with Gasteiger partial charge in [0.2, 0.25) is 0 Å². The highest BCUT2D eigenvalue weighted by Gasteiger charge is 2.17. The highest BCUT2D eigenvalue weighted by atomic mass is 79.9. The molecule has 1 aromatic heterocycles. The number of rotatable bonds is 4. The van der Waals surface area contributed by atoms with E-state index in [-0.39, 0.29) is 11.5 Å². The molecule has 19 heavy (non-hydrogen) atoms. The average molecular weight is 357 g/mol. The largest absolute Gasteiger partial charge is 0.293 e. The number of thiophene rings is 1. The van der Waals surface area contributed by atoms with Crippen molar-refractivity contribution in [2.75, 3.05) is 5.75 Å². The van der Waals surface area contributed by atoms with Crippen LogP contribution < -0.4 is 0 Å². The summed E-state index contributed by atoms with van der Waals surface area (Å²) in [6.07, 6.45) is 0. The normalized spacial score (nSPS) is 12.4. The van der Waals surface area contributed by atoms with Crippen molar-refractivity contribution in [3.05, 3.63) is 50.1 Å². The van der Waals surface area contributed by atoms with E-state index < -0.39 is 10.8 Å². The first-order chi connectivity index (χ1) is 8.99. The van der Waals surface area contributed by atoms with E-state index in [0.29, 0.717) is 10.5 Å². The number of carbonyl (C=O) groups is 1. The Morgan fingerprint density at radius 3 is 2.58 bits per heavy atom. The summed E-state index contributed by atoms with van der Waals surface area (Å²) in [5, 5.41) is 0. The Balaban J connectivity index is 2.18. The lowest BCUT2D eigenvalue weighted by atomic mass is 10.2. The van der Waals surface area contributed by atoms with Gasteiger partial charge in [-0.05, 0) is 48.0 Å². The maximum absolute atomic E-state index is 12.2. The summed E-state index contributed by atoms with van der Waals surface area (Å²) < 4.78 is 13.0. The Kier molecular flexibility index (Phi) is 4.71. The van der Waals surface area contributed by atoms with Crippen molar-refractivity contribution in [1.82, 2.24) is 0 Å². The van der Waals surface area contributed by atoms with Crippen molar-refractivity contribution in [2.24, 2.45) is 0 Å². The van der Waals surface area contributed by atoms with Crippen LogP contribution in [0.15, 0.2) is 39.7 Å². The van der Waals surface area contributed by atoms with Crippen molar-refractivity contribution in [2.45, 2.75) is 18.7 Å². The van der Waals surface area contributed by atoms with Gasteiger partial charge in [0.25, 0.3) is 0 Å². The molecule has 0 amide bonds. The van der Waals surface area contributed by atoms with Crippen LogP contribution in [-0.2, 0) is 10.8 Å². The summed E-state index contributed by atoms with van der Waals surface area (Å²) in [7, 11) is -1.32. The van der Waals surface area contributed by atoms with Crippen LogP contribution in [0.2, 0.25) is 0 Å². The Hall–Kier alpha value is -0.780. The first kappa shape index (κ1) is 14.6. The Labute approximate surface area is 127 Å². The predicted molar refractivity (Wildman–Crippen MR) is 83.5 cm³/mol. The third-order valence-electron chi connectivity index (χ3n) is 2.69. The van der Waals surface area contributed by atoms with Crippen LogP contribution in [0.3, 0.4) is 0 Å². The number of carbonyl (C=O) groups excluding carboxylic acids is 1. The van der Waals surface area contributed by atoms with Crippen molar-refractivity contribution < 1.29 is 9.00 Å². The van der Waals surface area contributed by atoms with Gasteiger partial charge in [-0.2, -0.15) is 0 Å². The van der Waals surface area contributed by atoms with Crippen molar-refractivity contribution >= 4 is 43.8 Å². The summed E-state index contributed by atoms with van der Waals surface area (Å²) in [6, 6.07) is 9.16. The van der Waals surface area contributed by atoms with Gasteiger partial charge >= 0.3 is 0 Å². The highest BCUT2D eigenvalue weighted by Crippen LogP contribution is 2.23. The van der Waals surface area contributed by atoms with Gasteiger partial charge in [0.1, 0.15) is 0 Å². The lowest BCUT2D eigenvalue weighted by Crippen LogP contribution is -2.11. The first-order valence-corrected chi connectivity index (χ1v) is 8.65. The minimum absolute atomic E-state index is 0.0274. The molecule has 0 spiro atoms. The van der Waals surface area contributed by atoms with Crippen LogP contribution >= 0.6 is 27.3 Å². The van der Waals surface area contributed by atoms with Crippen LogP contribution in [-0.4, -0.2) is 15.7 Å². The van der Waals surface area contributed by atoms with Crippen LogP contribution in [0.1, 0.15) is 20.1 Å². The topological polar surface area (TPSA) is 34.1 Å². The summed E-state index contributed by atoms with van der Waals surface area (Å²) >= 11 is 4.95. The third kappa shape index (κ3) is 3.41. The van der Waals surface area contributed by atoms with Gasteiger partial charge in [-0.25, -0.2) is 0 Å². The number of halogens is 1. The van der Waals surface area contributed by atoms with E-state index in [1.54, 1.807) is 17.4 Å². The van der Waals surface area contributed by atoms with Crippen molar-refractivity contribution in [1.29, 1.82) is 0 Å². The average Bonchev–Trinajstić information content (AvgIpc) is 2.69. The van der Waals surface area contributed by atoms with Crippen LogP contribution in [0.25, 0.3) is 0 Å². The maximum atomic E-state index is 12.2. The van der Waals surface area contributed by atoms with Crippen molar-refractivity contribution in [3.63, 3.8) is 0 Å². The standard InChI is InChI=1S/C14H13BrO2S2/c1-9-7-11(10(2)18-9)13(16)8-19(17)14-6-4-3-5-12(14)15/h3-7H,8H2,1-2H3. The summed E-state index contributed by atoms with van der Waals surface area (Å²) in [4.78, 5) is 14.9. The van der Waals surface area contributed by atoms with Gasteiger partial charge < -0.3 is 0 Å². The molecule has 0 saturated carbocycles. The van der Waals surface area contributed by atoms with Crippen molar-refractivity contribution in [3.8, 4) is 0 Å². The molecule has 0 N–H and O–H groups in total. The summed E-state index contributed by atoms with van der Waals surface area (Å²) in [5.74, 6) is -0.0319. The maximum Gasteiger partial charge on any atom is 0.176 e. The van der Waals surface area contributed by atoms with E-state index in [9.17, 15) is 9.00 Å². The lowest BCUT2D eigenvalue weighted by Gasteiger charge is -2.04. The smallest absolute Gasteiger partial charge is 0.176 e. The monoisotopic (exact) mass is 356 g/mol. The molecule has 100 valence electrons. The molecule has 1 atom stereocenters. The van der Waals surface area contributed by atoms with E-state index in [4.69, 9.17) is 0 Å². The number of hydrogen-bond acceptors (Lipinski definition) is 3. The fraction of sp³-hybridized carbons (Fsp3) is 0.214. The number of hydrogen-bond donors (Lipinski definition) is 0. The van der Waals surface area contributed by atoms with E-state index >= 15 is 0 Å². The van der Waals surface area contributed by atoms with Crippen LogP contribution in [0.4, 0.5) is 0 Å². The van der Waals surface area contributed by atoms with E-state index in [0.717, 1.165) is 14.2 Å². The first-order valence-electron chi connectivity index (χ1n) is 5.72. The number of ketones is 1. The molecule has 1 heterocycles. The molecule has 0 aliphatic carbocycles. The predicted octanol–water partition coefficient (Wildman–Crippen LogP) is 4.12. The second kappa shape index (κ2) is 6.11. The molecule has 2 nitrogen and oxygen atoms in total. The number of Topliss-reactive ketones (excluding diaryl/α,β-unsaturated/α-hetero) is 1. The molecule has 1 aromatic carbocycles. The number of aryl methyl sites for hydroxylation is 2. The van der Waals surface area contributed by atoms with Gasteiger partial charge in [-0.15, -0.1) is 11.3 Å². The summed E-state index contributed by atoms with van der Waals surface area (Å²) in [5.41, 5.74) is 0.697. The zero-order chi connectivity index (χ0) is 14.0. The van der Waals surface area contributed by atoms with Crippen LogP contribution in [0.5, 0.6) is 0 Å². The molecule has 0 radical (unpaired) electrons. The third-order valence-corrected chi connectivity index (χ3v) is 5.98. The fourth-order valence-corrected chi connectivity index (χ4v) is 4.65. The van der Waals surface area contributed by atoms with Gasteiger partial charge in [0.05, 0.1) is 21.4 Å². The zero-order valence-electron chi connectivity index (χ0n) is 10.6. The quantitative estimate of drug-likeness (QED) is 0.772. The second-order valence-corrected chi connectivity index (χ2v) is 7.90. The molecular formula is C14H13BrO2S2. The Bertz CT molecular complexity index is 647. The molecular weight excluding hydrogens is 344 g/mol. The van der Waals surface area contributed by atoms with E-state index in [1.807, 2.05) is 38.1 Å². The molecule has 1 unspecified atom stereocenters. The molecule has 0 fully saturated rings. The van der Waals surface area contributed by atoms with Crippen LogP contribution in [0, 0.1) is 13.8 Å².